The van der Waals surface area contributed by atoms with Gasteiger partial charge in [0.05, 0.1) is 6.61 Å². The number of esters is 2. The molecule has 0 saturated heterocycles. The van der Waals surface area contributed by atoms with Gasteiger partial charge >= 0.3 is 17.9 Å². The summed E-state index contributed by atoms with van der Waals surface area (Å²) in [5, 5.41) is 19.0. The van der Waals surface area contributed by atoms with Crippen LogP contribution in [0.15, 0.2) is 37.5 Å². The van der Waals surface area contributed by atoms with Crippen LogP contribution in [0.25, 0.3) is 0 Å². The number of aliphatic hydroxyl groups is 1. The molecule has 216 valence electrons. The third kappa shape index (κ3) is 50.8. The number of carbonyl (C=O) groups excluding carboxylic acids is 3. The molecule has 0 spiro atoms. The molecule has 5 N–H and O–H groups in total. The van der Waals surface area contributed by atoms with E-state index in [2.05, 4.69) is 43.6 Å². The molecule has 0 aromatic rings. The molecule has 0 aliphatic heterocycles. The highest BCUT2D eigenvalue weighted by Crippen LogP contribution is 2.03. The second-order valence-corrected chi connectivity index (χ2v) is 7.64. The van der Waals surface area contributed by atoms with Gasteiger partial charge in [0.25, 0.3) is 0 Å². The van der Waals surface area contributed by atoms with E-state index < -0.39 is 11.9 Å². The van der Waals surface area contributed by atoms with Crippen LogP contribution in [0.3, 0.4) is 0 Å². The van der Waals surface area contributed by atoms with E-state index in [4.69, 9.17) is 20.7 Å². The van der Waals surface area contributed by atoms with Gasteiger partial charge in [0.2, 0.25) is 5.91 Å². The number of hydrogen-bond acceptors (Lipinski definition) is 8. The van der Waals surface area contributed by atoms with E-state index in [1.54, 1.807) is 6.92 Å². The van der Waals surface area contributed by atoms with Gasteiger partial charge in [-0.15, -0.1) is 0 Å². The van der Waals surface area contributed by atoms with Gasteiger partial charge in [-0.05, 0) is 26.3 Å². The summed E-state index contributed by atoms with van der Waals surface area (Å²) in [6.45, 7) is 18.1. The minimum Gasteiger partial charge on any atom is -0.478 e. The Morgan fingerprint density at radius 3 is 1.86 bits per heavy atom. The van der Waals surface area contributed by atoms with Gasteiger partial charge in [-0.1, -0.05) is 65.7 Å². The van der Waals surface area contributed by atoms with Crippen LogP contribution < -0.4 is 11.1 Å². The lowest BCUT2D eigenvalue weighted by atomic mass is 10.1. The summed E-state index contributed by atoms with van der Waals surface area (Å²) < 4.78 is 9.40. The maximum absolute atomic E-state index is 10.9. The van der Waals surface area contributed by atoms with E-state index in [0.29, 0.717) is 25.0 Å². The molecule has 1 amide bonds. The summed E-state index contributed by atoms with van der Waals surface area (Å²) in [5.74, 6) is -1.90. The van der Waals surface area contributed by atoms with Crippen LogP contribution >= 0.6 is 0 Å². The van der Waals surface area contributed by atoms with Crippen LogP contribution in [-0.4, -0.2) is 66.9 Å². The number of carboxylic acid groups (broad SMARTS) is 1. The number of primary amides is 1. The second kappa shape index (κ2) is 35.2. The van der Waals surface area contributed by atoms with E-state index in [1.807, 2.05) is 0 Å². The van der Waals surface area contributed by atoms with Crippen LogP contribution in [0, 0.1) is 0 Å². The first kappa shape index (κ1) is 41.2. The monoisotopic (exact) mass is 530 g/mol. The Morgan fingerprint density at radius 1 is 0.865 bits per heavy atom. The molecule has 0 radical (unpaired) electrons. The van der Waals surface area contributed by atoms with Gasteiger partial charge in [0.1, 0.15) is 6.61 Å². The lowest BCUT2D eigenvalue weighted by Gasteiger charge is -2.05. The topological polar surface area (TPSA) is 165 Å². The number of nitrogens with two attached hydrogens (primary N) is 1. The molecular formula is C27H50N2O8. The van der Waals surface area contributed by atoms with Crippen molar-refractivity contribution in [2.45, 2.75) is 78.6 Å². The van der Waals surface area contributed by atoms with Crippen LogP contribution in [-0.2, 0) is 28.7 Å². The number of carbonyl (C=O) groups is 4. The zero-order chi connectivity index (χ0) is 29.3. The van der Waals surface area contributed by atoms with Crippen LogP contribution in [0.2, 0.25) is 0 Å². The molecule has 0 rings (SSSR count). The van der Waals surface area contributed by atoms with Crippen LogP contribution in [0.4, 0.5) is 0 Å². The van der Waals surface area contributed by atoms with E-state index in [0.717, 1.165) is 44.5 Å². The smallest absolute Gasteiger partial charge is 0.333 e. The predicted octanol–water partition coefficient (Wildman–Crippen LogP) is 3.68. The van der Waals surface area contributed by atoms with Gasteiger partial charge in [-0.2, -0.15) is 0 Å². The highest BCUT2D eigenvalue weighted by atomic mass is 16.5. The highest BCUT2D eigenvalue weighted by molar-refractivity contribution is 5.86. The van der Waals surface area contributed by atoms with Gasteiger partial charge in [0, 0.05) is 43.7 Å². The van der Waals surface area contributed by atoms with Crippen molar-refractivity contribution in [3.8, 4) is 0 Å². The minimum absolute atomic E-state index is 0.0461. The SMILES string of the molecule is C=C(C)C(=O)OCCNCCCC.C=CC(=O)O.C=CC(=O)OCCCO.CCCCCCCC(N)=O. The van der Waals surface area contributed by atoms with Crippen LogP contribution in [0.5, 0.6) is 0 Å². The fourth-order valence-electron chi connectivity index (χ4n) is 1.96. The predicted molar refractivity (Wildman–Crippen MR) is 147 cm³/mol. The molecule has 0 aromatic heterocycles. The van der Waals surface area contributed by atoms with Gasteiger partial charge < -0.3 is 30.7 Å². The van der Waals surface area contributed by atoms with Crippen molar-refractivity contribution in [1.29, 1.82) is 0 Å². The van der Waals surface area contributed by atoms with E-state index in [-0.39, 0.29) is 25.1 Å². The molecule has 10 nitrogen and oxygen atoms in total. The van der Waals surface area contributed by atoms with Crippen molar-refractivity contribution in [3.63, 3.8) is 0 Å². The number of unbranched alkanes of at least 4 members (excludes halogenated alkanes) is 5. The Labute approximate surface area is 223 Å². The van der Waals surface area contributed by atoms with Crippen molar-refractivity contribution in [1.82, 2.24) is 5.32 Å². The fraction of sp³-hybridized carbons (Fsp3) is 0.630. The summed E-state index contributed by atoms with van der Waals surface area (Å²) in [6.07, 6.45) is 11.2. The summed E-state index contributed by atoms with van der Waals surface area (Å²) in [4.78, 5) is 40.7. The number of ether oxygens (including phenoxy) is 2. The maximum Gasteiger partial charge on any atom is 0.333 e. The first-order valence-corrected chi connectivity index (χ1v) is 12.6. The molecule has 0 fully saturated rings. The average molecular weight is 531 g/mol. The Hall–Kier alpha value is -2.98. The third-order valence-corrected chi connectivity index (χ3v) is 3.98. The van der Waals surface area contributed by atoms with Gasteiger partial charge in [-0.3, -0.25) is 4.79 Å². The summed E-state index contributed by atoms with van der Waals surface area (Å²) in [7, 11) is 0. The molecular weight excluding hydrogens is 480 g/mol. The van der Waals surface area contributed by atoms with E-state index in [1.165, 1.54) is 25.7 Å². The Morgan fingerprint density at radius 2 is 1.43 bits per heavy atom. The average Bonchev–Trinajstić information content (AvgIpc) is 2.86. The number of aliphatic hydroxyl groups excluding tert-OH is 1. The first-order chi connectivity index (χ1) is 17.5. The van der Waals surface area contributed by atoms with Crippen LogP contribution in [0.1, 0.15) is 78.6 Å². The van der Waals surface area contributed by atoms with Crippen molar-refractivity contribution < 1.29 is 38.9 Å². The highest BCUT2D eigenvalue weighted by Gasteiger charge is 2.01. The van der Waals surface area contributed by atoms with E-state index in [9.17, 15) is 19.2 Å². The third-order valence-electron chi connectivity index (χ3n) is 3.98. The number of aliphatic carboxylic acids is 1. The van der Waals surface area contributed by atoms with Gasteiger partial charge in [0.15, 0.2) is 0 Å². The lowest BCUT2D eigenvalue weighted by Crippen LogP contribution is -2.22. The lowest BCUT2D eigenvalue weighted by molar-refractivity contribution is -0.139. The Bertz CT molecular complexity index is 622. The molecule has 0 atom stereocenters. The number of rotatable bonds is 18. The molecule has 0 aromatic carbocycles. The molecule has 10 heteroatoms. The summed E-state index contributed by atoms with van der Waals surface area (Å²) >= 11 is 0. The van der Waals surface area contributed by atoms with Crippen molar-refractivity contribution in [3.05, 3.63) is 37.5 Å². The molecule has 0 unspecified atom stereocenters. The first-order valence-electron chi connectivity index (χ1n) is 12.6. The number of hydrogen-bond donors (Lipinski definition) is 4. The second-order valence-electron chi connectivity index (χ2n) is 7.64. The zero-order valence-corrected chi connectivity index (χ0v) is 23.1. The molecule has 0 saturated carbocycles. The number of amides is 1. The van der Waals surface area contributed by atoms with E-state index >= 15 is 0 Å². The molecule has 0 aliphatic carbocycles. The standard InChI is InChI=1S/C10H19NO2.C8H17NO.C6H10O3.C3H4O2/c1-4-5-6-11-7-8-13-10(12)9(2)3;1-2-3-4-5-6-7-8(9)10;1-2-6(8)9-5-3-4-7;1-2-3(4)5/h11H,2,4-8H2,1,3H3;2-7H2,1H3,(H2,9,10);2,7H,1,3-5H2;2H,1H2,(H,4,5). The number of nitrogens with one attached hydrogen (secondary N) is 1. The fourth-order valence-corrected chi connectivity index (χ4v) is 1.96. The summed E-state index contributed by atoms with van der Waals surface area (Å²) in [5.41, 5.74) is 5.42. The molecule has 37 heavy (non-hydrogen) atoms. The number of carboxylic acids is 1. The molecule has 0 heterocycles. The zero-order valence-electron chi connectivity index (χ0n) is 23.1. The minimum atomic E-state index is -0.981. The quantitative estimate of drug-likeness (QED) is 0.117. The van der Waals surface area contributed by atoms with Gasteiger partial charge in [-0.25, -0.2) is 14.4 Å². The van der Waals surface area contributed by atoms with Crippen molar-refractivity contribution in [2.75, 3.05) is 32.9 Å². The normalized spacial score (nSPS) is 8.97. The largest absolute Gasteiger partial charge is 0.478 e. The molecule has 0 bridgehead atoms. The summed E-state index contributed by atoms with van der Waals surface area (Å²) in [6, 6.07) is 0. The van der Waals surface area contributed by atoms with Crippen molar-refractivity contribution in [2.24, 2.45) is 5.73 Å². The Balaban J connectivity index is -0.000000205. The van der Waals surface area contributed by atoms with Crippen molar-refractivity contribution >= 4 is 23.8 Å². The Kier molecular flexibility index (Phi) is 39.1. The maximum atomic E-state index is 10.9. The molecule has 0 aliphatic rings.